The molecule has 2 aromatic heterocycles. The highest BCUT2D eigenvalue weighted by molar-refractivity contribution is 6.29. The number of carbonyl (C=O) groups is 1. The molecule has 32 heavy (non-hydrogen) atoms. The number of carbonyl (C=O) groups excluding carboxylic acids is 1. The number of hydrogen-bond acceptors (Lipinski definition) is 11. The van der Waals surface area contributed by atoms with Crippen LogP contribution in [0.1, 0.15) is 19.8 Å². The minimum atomic E-state index is -0.612. The third kappa shape index (κ3) is 6.38. The highest BCUT2D eigenvalue weighted by atomic mass is 35.5. The molecule has 0 radical (unpaired) electrons. The molecule has 0 unspecified atom stereocenters. The molecule has 0 amide bonds. The second-order valence-electron chi connectivity index (χ2n) is 6.66. The number of ether oxygens (including phenoxy) is 1. The van der Waals surface area contributed by atoms with Gasteiger partial charge in [-0.05, 0) is 31.9 Å². The summed E-state index contributed by atoms with van der Waals surface area (Å²) in [6.07, 6.45) is 1.61. The van der Waals surface area contributed by atoms with Gasteiger partial charge in [-0.1, -0.05) is 11.6 Å². The van der Waals surface area contributed by atoms with Crippen molar-refractivity contribution >= 4 is 46.4 Å². The summed E-state index contributed by atoms with van der Waals surface area (Å²) < 4.78 is 5.04. The van der Waals surface area contributed by atoms with Gasteiger partial charge in [-0.15, -0.1) is 0 Å². The summed E-state index contributed by atoms with van der Waals surface area (Å²) in [5, 5.41) is 21.1. The number of halogens is 1. The molecule has 0 aromatic carbocycles. The Kier molecular flexibility index (Phi) is 8.46. The molecule has 2 aromatic rings. The van der Waals surface area contributed by atoms with Crippen molar-refractivity contribution in [2.24, 2.45) is 5.92 Å². The number of piperidine rings is 1. The normalized spacial score (nSPS) is 15.3. The lowest BCUT2D eigenvalue weighted by atomic mass is 9.98. The minimum Gasteiger partial charge on any atom is -0.466 e. The Hall–Kier alpha value is -3.74. The zero-order valence-electron chi connectivity index (χ0n) is 17.1. The monoisotopic (exact) mass is 467 g/mol. The maximum absolute atomic E-state index is 11.8. The lowest BCUT2D eigenvalue weighted by Crippen LogP contribution is -2.39. The Bertz CT molecular complexity index is 1010. The summed E-state index contributed by atoms with van der Waals surface area (Å²) in [6.45, 7) is 3.36. The summed E-state index contributed by atoms with van der Waals surface area (Å²) in [4.78, 5) is 41.0. The van der Waals surface area contributed by atoms with E-state index in [-0.39, 0.29) is 40.1 Å². The Morgan fingerprint density at radius 3 is 2.28 bits per heavy atom. The lowest BCUT2D eigenvalue weighted by Gasteiger charge is -2.32. The molecular weight excluding hydrogens is 446 g/mol. The Morgan fingerprint density at radius 1 is 1.16 bits per heavy atom. The van der Waals surface area contributed by atoms with Gasteiger partial charge in [0.05, 0.1) is 22.4 Å². The molecule has 3 rings (SSSR count). The van der Waals surface area contributed by atoms with Crippen molar-refractivity contribution in [2.75, 3.05) is 36.1 Å². The minimum absolute atomic E-state index is 0.115. The number of nitrogens with two attached hydrogens (primary N) is 2. The zero-order chi connectivity index (χ0) is 23.8. The fraction of sp³-hybridized carbons (Fsp3) is 0.389. The standard InChI is InChI=1S/C13H18N4O4.C5H4ClN3O2/c1-2-21-13(18)9-4-3-7-16(8-9)11-6-5-10(17(19)20)12(14)15-11;6-4-2-1-3(9(10)11)5(7)8-4/h5-6,9H,2-4,7-8H2,1H3,(H2,14,15);1-2H,(H2,7,8)/t9-;/m1./s1. The van der Waals surface area contributed by atoms with Crippen LogP contribution in [0.15, 0.2) is 24.3 Å². The van der Waals surface area contributed by atoms with E-state index in [4.69, 9.17) is 27.8 Å². The second-order valence-corrected chi connectivity index (χ2v) is 7.05. The third-order valence-corrected chi connectivity index (χ3v) is 4.73. The second kappa shape index (κ2) is 11.0. The predicted octanol–water partition coefficient (Wildman–Crippen LogP) is 2.58. The molecule has 0 bridgehead atoms. The maximum atomic E-state index is 11.8. The lowest BCUT2D eigenvalue weighted by molar-refractivity contribution is -0.384. The van der Waals surface area contributed by atoms with E-state index >= 15 is 0 Å². The quantitative estimate of drug-likeness (QED) is 0.284. The molecule has 14 heteroatoms. The first kappa shape index (κ1) is 24.5. The Balaban J connectivity index is 0.000000278. The van der Waals surface area contributed by atoms with E-state index < -0.39 is 9.85 Å². The van der Waals surface area contributed by atoms with Crippen LogP contribution >= 0.6 is 11.6 Å². The number of nitro groups is 2. The molecule has 0 aliphatic carbocycles. The summed E-state index contributed by atoms with van der Waals surface area (Å²) in [5.41, 5.74) is 10.3. The van der Waals surface area contributed by atoms with Crippen LogP contribution in [-0.2, 0) is 9.53 Å². The van der Waals surface area contributed by atoms with Crippen LogP contribution in [0.5, 0.6) is 0 Å². The highest BCUT2D eigenvalue weighted by Gasteiger charge is 2.28. The Labute approximate surface area is 187 Å². The zero-order valence-corrected chi connectivity index (χ0v) is 17.9. The van der Waals surface area contributed by atoms with Crippen LogP contribution < -0.4 is 16.4 Å². The van der Waals surface area contributed by atoms with Gasteiger partial charge < -0.3 is 21.1 Å². The third-order valence-electron chi connectivity index (χ3n) is 4.51. The molecule has 172 valence electrons. The molecule has 1 atom stereocenters. The van der Waals surface area contributed by atoms with E-state index in [2.05, 4.69) is 9.97 Å². The molecular formula is C18H22ClN7O6. The number of nitrogens with zero attached hydrogens (tertiary/aromatic N) is 5. The Morgan fingerprint density at radius 2 is 1.75 bits per heavy atom. The van der Waals surface area contributed by atoms with Gasteiger partial charge in [0, 0.05) is 25.2 Å². The number of nitrogen functional groups attached to an aromatic ring is 2. The smallest absolute Gasteiger partial charge is 0.311 e. The van der Waals surface area contributed by atoms with Crippen molar-refractivity contribution < 1.29 is 19.4 Å². The number of pyridine rings is 2. The number of hydrogen-bond donors (Lipinski definition) is 2. The fourth-order valence-electron chi connectivity index (χ4n) is 3.02. The molecule has 0 spiro atoms. The van der Waals surface area contributed by atoms with Crippen LogP contribution in [0.4, 0.5) is 28.8 Å². The first-order valence-corrected chi connectivity index (χ1v) is 9.90. The molecule has 1 saturated heterocycles. The summed E-state index contributed by atoms with van der Waals surface area (Å²) in [6, 6.07) is 5.42. The predicted molar refractivity (Wildman–Crippen MR) is 117 cm³/mol. The number of rotatable bonds is 5. The van der Waals surface area contributed by atoms with Gasteiger partial charge in [0.25, 0.3) is 0 Å². The van der Waals surface area contributed by atoms with Gasteiger partial charge >= 0.3 is 17.3 Å². The summed E-state index contributed by atoms with van der Waals surface area (Å²) in [5.74, 6) is -0.139. The molecule has 13 nitrogen and oxygen atoms in total. The van der Waals surface area contributed by atoms with Crippen molar-refractivity contribution in [1.82, 2.24) is 9.97 Å². The van der Waals surface area contributed by atoms with E-state index in [1.54, 1.807) is 13.0 Å². The van der Waals surface area contributed by atoms with Gasteiger partial charge in [0.1, 0.15) is 11.0 Å². The molecule has 3 heterocycles. The SMILES string of the molecule is CCOC(=O)[C@@H]1CCCN(c2ccc([N+](=O)[O-])c(N)n2)C1.Nc1nc(Cl)ccc1[N+](=O)[O-]. The fourth-order valence-corrected chi connectivity index (χ4v) is 3.18. The molecule has 1 fully saturated rings. The van der Waals surface area contributed by atoms with Crippen LogP contribution in [0.3, 0.4) is 0 Å². The molecule has 0 saturated carbocycles. The van der Waals surface area contributed by atoms with E-state index in [1.807, 2.05) is 4.90 Å². The first-order valence-electron chi connectivity index (χ1n) is 9.52. The average molecular weight is 468 g/mol. The van der Waals surface area contributed by atoms with Gasteiger partial charge in [0.2, 0.25) is 11.6 Å². The van der Waals surface area contributed by atoms with Crippen molar-refractivity contribution in [3.8, 4) is 0 Å². The van der Waals surface area contributed by atoms with Crippen LogP contribution in [0.2, 0.25) is 5.15 Å². The average Bonchev–Trinajstić information content (AvgIpc) is 2.74. The summed E-state index contributed by atoms with van der Waals surface area (Å²) in [7, 11) is 0. The number of aromatic nitrogens is 2. The molecule has 1 aliphatic heterocycles. The van der Waals surface area contributed by atoms with E-state index in [0.717, 1.165) is 19.4 Å². The van der Waals surface area contributed by atoms with Crippen LogP contribution in [-0.4, -0.2) is 45.5 Å². The number of esters is 1. The van der Waals surface area contributed by atoms with Crippen molar-refractivity contribution in [3.63, 3.8) is 0 Å². The maximum Gasteiger partial charge on any atom is 0.311 e. The topological polar surface area (TPSA) is 194 Å². The van der Waals surface area contributed by atoms with Crippen molar-refractivity contribution in [3.05, 3.63) is 49.6 Å². The van der Waals surface area contributed by atoms with Crippen molar-refractivity contribution in [1.29, 1.82) is 0 Å². The molecule has 1 aliphatic rings. The van der Waals surface area contributed by atoms with Gasteiger partial charge in [-0.25, -0.2) is 9.97 Å². The van der Waals surface area contributed by atoms with Gasteiger partial charge in [0.15, 0.2) is 0 Å². The van der Waals surface area contributed by atoms with E-state index in [9.17, 15) is 25.0 Å². The van der Waals surface area contributed by atoms with Crippen LogP contribution in [0, 0.1) is 26.1 Å². The van der Waals surface area contributed by atoms with Gasteiger partial charge in [-0.2, -0.15) is 0 Å². The van der Waals surface area contributed by atoms with Crippen molar-refractivity contribution in [2.45, 2.75) is 19.8 Å². The number of anilines is 3. The first-order chi connectivity index (χ1) is 15.1. The van der Waals surface area contributed by atoms with Crippen LogP contribution in [0.25, 0.3) is 0 Å². The largest absolute Gasteiger partial charge is 0.466 e. The van der Waals surface area contributed by atoms with Gasteiger partial charge in [-0.3, -0.25) is 25.0 Å². The van der Waals surface area contributed by atoms with E-state index in [0.29, 0.717) is 19.0 Å². The van der Waals surface area contributed by atoms with E-state index in [1.165, 1.54) is 18.2 Å². The summed E-state index contributed by atoms with van der Waals surface area (Å²) >= 11 is 5.41. The highest BCUT2D eigenvalue weighted by Crippen LogP contribution is 2.27. The molecule has 4 N–H and O–H groups in total.